The molecule has 0 radical (unpaired) electrons. The van der Waals surface area contributed by atoms with Gasteiger partial charge in [0.05, 0.1) is 0 Å². The summed E-state index contributed by atoms with van der Waals surface area (Å²) in [5, 5.41) is 0. The predicted octanol–water partition coefficient (Wildman–Crippen LogP) is 10.3. The molecule has 0 bridgehead atoms. The van der Waals surface area contributed by atoms with Crippen LogP contribution in [0.1, 0.15) is 0 Å². The second-order valence-corrected chi connectivity index (χ2v) is 11.5. The molecule has 5 aromatic carbocycles. The van der Waals surface area contributed by atoms with Gasteiger partial charge in [0.15, 0.2) is 17.5 Å². The average molecular weight is 616 g/mol. The predicted molar refractivity (Wildman–Crippen MR) is 193 cm³/mol. The zero-order valence-electron chi connectivity index (χ0n) is 26.0. The van der Waals surface area contributed by atoms with E-state index < -0.39 is 0 Å². The van der Waals surface area contributed by atoms with Crippen molar-refractivity contribution in [3.8, 4) is 78.7 Å². The smallest absolute Gasteiger partial charge is 0.164 e. The highest BCUT2D eigenvalue weighted by Crippen LogP contribution is 2.34. The van der Waals surface area contributed by atoms with Crippen molar-refractivity contribution in [1.29, 1.82) is 0 Å². The van der Waals surface area contributed by atoms with E-state index >= 15 is 0 Å². The second-order valence-electron chi connectivity index (χ2n) is 11.5. The Morgan fingerprint density at radius 1 is 0.250 bits per heavy atom. The molecule has 0 fully saturated rings. The molecular weight excluding hydrogens is 587 g/mol. The maximum Gasteiger partial charge on any atom is 0.164 e. The van der Waals surface area contributed by atoms with Gasteiger partial charge in [0.1, 0.15) is 0 Å². The SMILES string of the molecule is c1ccc(-c2ccc(-c3nc(-c4ccccc4)nc(-c4cc(-c5ccc(-c6cccnc6)cc5)cc(-c5cccnc5)c4)n3)cc2)cc1. The van der Waals surface area contributed by atoms with Gasteiger partial charge in [0, 0.05) is 47.0 Å². The van der Waals surface area contributed by atoms with Crippen LogP contribution in [0, 0.1) is 0 Å². The van der Waals surface area contributed by atoms with Gasteiger partial charge in [-0.1, -0.05) is 121 Å². The fourth-order valence-corrected chi connectivity index (χ4v) is 5.80. The number of hydrogen-bond acceptors (Lipinski definition) is 5. The van der Waals surface area contributed by atoms with E-state index in [4.69, 9.17) is 15.0 Å². The number of hydrogen-bond donors (Lipinski definition) is 0. The van der Waals surface area contributed by atoms with Crippen LogP contribution < -0.4 is 0 Å². The van der Waals surface area contributed by atoms with Gasteiger partial charge in [0.2, 0.25) is 0 Å². The minimum Gasteiger partial charge on any atom is -0.264 e. The van der Waals surface area contributed by atoms with Crippen molar-refractivity contribution in [3.63, 3.8) is 0 Å². The van der Waals surface area contributed by atoms with Gasteiger partial charge < -0.3 is 0 Å². The maximum atomic E-state index is 5.08. The number of pyridine rings is 2. The molecule has 0 saturated carbocycles. The minimum atomic E-state index is 0.602. The Bertz CT molecular complexity index is 2120. The van der Waals surface area contributed by atoms with Gasteiger partial charge in [-0.3, -0.25) is 9.97 Å². The molecule has 0 atom stereocenters. The zero-order valence-corrected chi connectivity index (χ0v) is 26.0. The Morgan fingerprint density at radius 2 is 0.583 bits per heavy atom. The molecule has 48 heavy (non-hydrogen) atoms. The topological polar surface area (TPSA) is 64.5 Å². The molecule has 5 nitrogen and oxygen atoms in total. The summed E-state index contributed by atoms with van der Waals surface area (Å²) >= 11 is 0. The van der Waals surface area contributed by atoms with Crippen LogP contribution in [0.25, 0.3) is 78.7 Å². The van der Waals surface area contributed by atoms with Crippen LogP contribution in [0.3, 0.4) is 0 Å². The lowest BCUT2D eigenvalue weighted by molar-refractivity contribution is 1.07. The van der Waals surface area contributed by atoms with Gasteiger partial charge in [0.25, 0.3) is 0 Å². The van der Waals surface area contributed by atoms with Gasteiger partial charge in [-0.15, -0.1) is 0 Å². The lowest BCUT2D eigenvalue weighted by atomic mass is 9.95. The van der Waals surface area contributed by atoms with Crippen LogP contribution in [0.15, 0.2) is 176 Å². The summed E-state index contributed by atoms with van der Waals surface area (Å²) in [6.45, 7) is 0. The molecule has 5 heteroatoms. The molecule has 0 aliphatic carbocycles. The van der Waals surface area contributed by atoms with Gasteiger partial charge in [-0.25, -0.2) is 15.0 Å². The van der Waals surface area contributed by atoms with Gasteiger partial charge in [-0.2, -0.15) is 0 Å². The van der Waals surface area contributed by atoms with Crippen molar-refractivity contribution in [2.45, 2.75) is 0 Å². The minimum absolute atomic E-state index is 0.602. The fraction of sp³-hybridized carbons (Fsp3) is 0. The standard InChI is InChI=1S/C43H29N5/c1-3-9-30(10-4-1)31-19-21-35(22-20-31)42-46-41(34-11-5-2-6-12-34)47-43(48-42)40-26-38(25-39(27-40)37-14-8-24-45-29-37)33-17-15-32(16-18-33)36-13-7-23-44-28-36/h1-29H. The molecule has 3 aromatic heterocycles. The van der Waals surface area contributed by atoms with E-state index in [1.807, 2.05) is 60.9 Å². The number of rotatable bonds is 7. The third-order valence-electron chi connectivity index (χ3n) is 8.32. The Balaban J connectivity index is 1.26. The number of aromatic nitrogens is 5. The summed E-state index contributed by atoms with van der Waals surface area (Å²) in [6.07, 6.45) is 7.35. The summed E-state index contributed by atoms with van der Waals surface area (Å²) in [7, 11) is 0. The highest BCUT2D eigenvalue weighted by Gasteiger charge is 2.15. The van der Waals surface area contributed by atoms with Crippen LogP contribution >= 0.6 is 0 Å². The molecule has 3 heterocycles. The Morgan fingerprint density at radius 3 is 1.10 bits per heavy atom. The lowest BCUT2D eigenvalue weighted by Crippen LogP contribution is -2.00. The molecule has 226 valence electrons. The first-order chi connectivity index (χ1) is 23.8. The van der Waals surface area contributed by atoms with Gasteiger partial charge in [-0.05, 0) is 69.3 Å². The van der Waals surface area contributed by atoms with Gasteiger partial charge >= 0.3 is 0 Å². The van der Waals surface area contributed by atoms with E-state index in [1.165, 1.54) is 5.56 Å². The summed E-state index contributed by atoms with van der Waals surface area (Å²) in [4.78, 5) is 23.8. The summed E-state index contributed by atoms with van der Waals surface area (Å²) < 4.78 is 0. The molecular formula is C43H29N5. The van der Waals surface area contributed by atoms with E-state index in [0.717, 1.165) is 55.6 Å². The average Bonchev–Trinajstić information content (AvgIpc) is 3.19. The summed E-state index contributed by atoms with van der Waals surface area (Å²) in [5.74, 6) is 1.84. The van der Waals surface area contributed by atoms with Crippen LogP contribution in [-0.4, -0.2) is 24.9 Å². The van der Waals surface area contributed by atoms with Crippen LogP contribution in [-0.2, 0) is 0 Å². The first-order valence-corrected chi connectivity index (χ1v) is 15.8. The van der Waals surface area contributed by atoms with Crippen molar-refractivity contribution in [2.24, 2.45) is 0 Å². The summed E-state index contributed by atoms with van der Waals surface area (Å²) in [6, 6.07) is 51.9. The fourth-order valence-electron chi connectivity index (χ4n) is 5.80. The van der Waals surface area contributed by atoms with Crippen molar-refractivity contribution in [3.05, 3.63) is 176 Å². The highest BCUT2D eigenvalue weighted by molar-refractivity contribution is 5.81. The third kappa shape index (κ3) is 6.13. The van der Waals surface area contributed by atoms with Crippen molar-refractivity contribution >= 4 is 0 Å². The van der Waals surface area contributed by atoms with Crippen LogP contribution in [0.2, 0.25) is 0 Å². The first kappa shape index (κ1) is 28.9. The quantitative estimate of drug-likeness (QED) is 0.178. The molecule has 0 aliphatic rings. The zero-order chi connectivity index (χ0) is 32.1. The largest absolute Gasteiger partial charge is 0.264 e. The van der Waals surface area contributed by atoms with E-state index in [-0.39, 0.29) is 0 Å². The third-order valence-corrected chi connectivity index (χ3v) is 8.32. The van der Waals surface area contributed by atoms with E-state index in [9.17, 15) is 0 Å². The van der Waals surface area contributed by atoms with Crippen molar-refractivity contribution in [1.82, 2.24) is 24.9 Å². The van der Waals surface area contributed by atoms with Crippen molar-refractivity contribution in [2.75, 3.05) is 0 Å². The van der Waals surface area contributed by atoms with Crippen LogP contribution in [0.5, 0.6) is 0 Å². The lowest BCUT2D eigenvalue weighted by Gasteiger charge is -2.13. The molecule has 0 saturated heterocycles. The normalized spacial score (nSPS) is 10.9. The van der Waals surface area contributed by atoms with E-state index in [2.05, 4.69) is 113 Å². The molecule has 8 aromatic rings. The van der Waals surface area contributed by atoms with Crippen LogP contribution in [0.4, 0.5) is 0 Å². The Hall–Kier alpha value is -6.59. The molecule has 8 rings (SSSR count). The molecule has 0 spiro atoms. The monoisotopic (exact) mass is 615 g/mol. The first-order valence-electron chi connectivity index (χ1n) is 15.8. The molecule has 0 aliphatic heterocycles. The Kier molecular flexibility index (Phi) is 7.83. The molecule has 0 unspecified atom stereocenters. The van der Waals surface area contributed by atoms with E-state index in [0.29, 0.717) is 17.5 Å². The second kappa shape index (κ2) is 13.0. The number of benzene rings is 5. The van der Waals surface area contributed by atoms with Crippen molar-refractivity contribution < 1.29 is 0 Å². The molecule has 0 amide bonds. The number of nitrogens with zero attached hydrogens (tertiary/aromatic N) is 5. The van der Waals surface area contributed by atoms with E-state index in [1.54, 1.807) is 12.4 Å². The maximum absolute atomic E-state index is 5.08. The molecule has 0 N–H and O–H groups in total. The highest BCUT2D eigenvalue weighted by atomic mass is 15.0. The summed E-state index contributed by atoms with van der Waals surface area (Å²) in [5.41, 5.74) is 11.4. The Labute approximate surface area is 279 Å².